The molecule has 0 radical (unpaired) electrons. The molecule has 1 aliphatic heterocycles. The Kier molecular flexibility index (Phi) is 2.92. The van der Waals surface area contributed by atoms with Crippen LogP contribution >= 0.6 is 0 Å². The van der Waals surface area contributed by atoms with Crippen molar-refractivity contribution in [1.29, 1.82) is 5.26 Å². The molecule has 0 bridgehead atoms. The summed E-state index contributed by atoms with van der Waals surface area (Å²) in [5.41, 5.74) is 0. The predicted octanol–water partition coefficient (Wildman–Crippen LogP) is 1.13. The number of amides is 1. The molecule has 0 aromatic heterocycles. The van der Waals surface area contributed by atoms with Gasteiger partial charge in [0.1, 0.15) is 6.07 Å². The zero-order valence-corrected chi connectivity index (χ0v) is 7.12. The molecule has 0 aliphatic carbocycles. The molecule has 1 saturated heterocycles. The van der Waals surface area contributed by atoms with Crippen LogP contribution in [-0.4, -0.2) is 30.2 Å². The molecule has 4 heteroatoms. The molecule has 0 aromatic rings. The van der Waals surface area contributed by atoms with Gasteiger partial charge in [0, 0.05) is 19.5 Å². The summed E-state index contributed by atoms with van der Waals surface area (Å²) in [6, 6.07) is 1.93. The first-order chi connectivity index (χ1) is 5.77. The number of cyclic esters (lactones) is 1. The molecule has 0 saturated carbocycles. The minimum absolute atomic E-state index is 0.352. The van der Waals surface area contributed by atoms with Crippen molar-refractivity contribution < 1.29 is 9.53 Å². The second-order valence-electron chi connectivity index (χ2n) is 2.78. The Hall–Kier alpha value is -1.24. The summed E-state index contributed by atoms with van der Waals surface area (Å²) < 4.78 is 4.83. The molecule has 1 heterocycles. The van der Waals surface area contributed by atoms with Gasteiger partial charge >= 0.3 is 6.09 Å². The van der Waals surface area contributed by atoms with Gasteiger partial charge in [0.05, 0.1) is 0 Å². The summed E-state index contributed by atoms with van der Waals surface area (Å²) in [4.78, 5) is 12.7. The van der Waals surface area contributed by atoms with E-state index in [-0.39, 0.29) is 6.09 Å². The maximum atomic E-state index is 11.1. The van der Waals surface area contributed by atoms with Gasteiger partial charge in [-0.3, -0.25) is 0 Å². The second kappa shape index (κ2) is 3.96. The lowest BCUT2D eigenvalue weighted by Crippen LogP contribution is -2.41. The first-order valence-corrected chi connectivity index (χ1v) is 4.13. The molecule has 1 unspecified atom stereocenters. The summed E-state index contributed by atoms with van der Waals surface area (Å²) >= 11 is 0. The van der Waals surface area contributed by atoms with Gasteiger partial charge in [-0.05, 0) is 6.42 Å². The lowest BCUT2D eigenvalue weighted by Gasteiger charge is -2.28. The number of carbonyl (C=O) groups excluding carboxylic acids is 1. The van der Waals surface area contributed by atoms with E-state index in [1.807, 2.05) is 13.0 Å². The van der Waals surface area contributed by atoms with Crippen LogP contribution in [-0.2, 0) is 4.74 Å². The Bertz CT molecular complexity index is 210. The minimum Gasteiger partial charge on any atom is -0.431 e. The van der Waals surface area contributed by atoms with Crippen LogP contribution in [0.15, 0.2) is 0 Å². The Morgan fingerprint density at radius 3 is 3.08 bits per heavy atom. The summed E-state index contributed by atoms with van der Waals surface area (Å²) in [7, 11) is 0. The third-order valence-electron chi connectivity index (χ3n) is 1.80. The summed E-state index contributed by atoms with van der Waals surface area (Å²) in [6.45, 7) is 3.37. The molecule has 1 aliphatic rings. The van der Waals surface area contributed by atoms with Crippen LogP contribution in [0, 0.1) is 11.3 Å². The fourth-order valence-electron chi connectivity index (χ4n) is 1.18. The number of nitriles is 1. The Balaban J connectivity index is 2.43. The number of nitrogens with zero attached hydrogens (tertiary/aromatic N) is 2. The van der Waals surface area contributed by atoms with E-state index in [0.29, 0.717) is 13.0 Å². The third kappa shape index (κ3) is 1.88. The fraction of sp³-hybridized carbons (Fsp3) is 0.750. The molecular formula is C8H12N2O2. The average Bonchev–Trinajstić information content (AvgIpc) is 2.09. The topological polar surface area (TPSA) is 53.3 Å². The van der Waals surface area contributed by atoms with Crippen LogP contribution in [0.25, 0.3) is 0 Å². The second-order valence-corrected chi connectivity index (χ2v) is 2.78. The van der Waals surface area contributed by atoms with E-state index in [1.165, 1.54) is 0 Å². The number of rotatable bonds is 2. The zero-order chi connectivity index (χ0) is 8.97. The highest BCUT2D eigenvalue weighted by molar-refractivity contribution is 5.68. The first-order valence-electron chi connectivity index (χ1n) is 4.13. The third-order valence-corrected chi connectivity index (χ3v) is 1.80. The van der Waals surface area contributed by atoms with E-state index in [1.54, 1.807) is 4.90 Å². The standard InChI is InChI=1S/C8H12N2O2/c1-2-4-10-5-3-7(6-9)12-8(10)11/h7H,2-5H2,1H3. The normalized spacial score (nSPS) is 23.2. The van der Waals surface area contributed by atoms with Gasteiger partial charge in [-0.1, -0.05) is 6.92 Å². The number of carbonyl (C=O) groups is 1. The van der Waals surface area contributed by atoms with Gasteiger partial charge in [-0.25, -0.2) is 4.79 Å². The van der Waals surface area contributed by atoms with Gasteiger partial charge in [0.2, 0.25) is 0 Å². The van der Waals surface area contributed by atoms with E-state index in [0.717, 1.165) is 13.0 Å². The lowest BCUT2D eigenvalue weighted by atomic mass is 10.2. The smallest absolute Gasteiger partial charge is 0.411 e. The van der Waals surface area contributed by atoms with Crippen molar-refractivity contribution in [3.63, 3.8) is 0 Å². The van der Waals surface area contributed by atoms with Crippen molar-refractivity contribution in [3.05, 3.63) is 0 Å². The maximum Gasteiger partial charge on any atom is 0.411 e. The van der Waals surface area contributed by atoms with Crippen molar-refractivity contribution >= 4 is 6.09 Å². The van der Waals surface area contributed by atoms with E-state index in [9.17, 15) is 4.79 Å². The quantitative estimate of drug-likeness (QED) is 0.621. The van der Waals surface area contributed by atoms with Crippen LogP contribution in [0.3, 0.4) is 0 Å². The highest BCUT2D eigenvalue weighted by Gasteiger charge is 2.25. The Morgan fingerprint density at radius 2 is 2.58 bits per heavy atom. The largest absolute Gasteiger partial charge is 0.431 e. The first kappa shape index (κ1) is 8.85. The number of ether oxygens (including phenoxy) is 1. The fourth-order valence-corrected chi connectivity index (χ4v) is 1.18. The van der Waals surface area contributed by atoms with Crippen molar-refractivity contribution in [2.75, 3.05) is 13.1 Å². The monoisotopic (exact) mass is 168 g/mol. The van der Waals surface area contributed by atoms with Crippen molar-refractivity contribution in [2.24, 2.45) is 0 Å². The minimum atomic E-state index is -0.536. The highest BCUT2D eigenvalue weighted by Crippen LogP contribution is 2.11. The van der Waals surface area contributed by atoms with Crippen LogP contribution in [0.2, 0.25) is 0 Å². The molecular weight excluding hydrogens is 156 g/mol. The van der Waals surface area contributed by atoms with Crippen molar-refractivity contribution in [3.8, 4) is 6.07 Å². The number of hydrogen-bond donors (Lipinski definition) is 0. The van der Waals surface area contributed by atoms with Crippen LogP contribution < -0.4 is 0 Å². The Labute approximate surface area is 71.7 Å². The molecule has 4 nitrogen and oxygen atoms in total. The molecule has 1 rings (SSSR count). The van der Waals surface area contributed by atoms with Crippen LogP contribution in [0.4, 0.5) is 4.79 Å². The molecule has 0 spiro atoms. The maximum absolute atomic E-state index is 11.1. The molecule has 12 heavy (non-hydrogen) atoms. The van der Waals surface area contributed by atoms with E-state index < -0.39 is 6.10 Å². The van der Waals surface area contributed by atoms with Gasteiger partial charge in [0.15, 0.2) is 6.10 Å². The lowest BCUT2D eigenvalue weighted by molar-refractivity contribution is 0.0477. The van der Waals surface area contributed by atoms with Gasteiger partial charge < -0.3 is 9.64 Å². The molecule has 0 aromatic carbocycles. The Morgan fingerprint density at radius 1 is 1.83 bits per heavy atom. The summed E-state index contributed by atoms with van der Waals surface area (Å²) in [5, 5.41) is 8.48. The van der Waals surface area contributed by atoms with E-state index in [4.69, 9.17) is 10.00 Å². The molecule has 1 fully saturated rings. The highest BCUT2D eigenvalue weighted by atomic mass is 16.6. The average molecular weight is 168 g/mol. The van der Waals surface area contributed by atoms with Crippen molar-refractivity contribution in [1.82, 2.24) is 4.90 Å². The predicted molar refractivity (Wildman–Crippen MR) is 42.4 cm³/mol. The van der Waals surface area contributed by atoms with Crippen LogP contribution in [0.5, 0.6) is 0 Å². The van der Waals surface area contributed by atoms with Crippen molar-refractivity contribution in [2.45, 2.75) is 25.9 Å². The molecule has 66 valence electrons. The van der Waals surface area contributed by atoms with Gasteiger partial charge in [-0.2, -0.15) is 5.26 Å². The van der Waals surface area contributed by atoms with E-state index in [2.05, 4.69) is 0 Å². The molecule has 1 amide bonds. The van der Waals surface area contributed by atoms with Crippen LogP contribution in [0.1, 0.15) is 19.8 Å². The molecule has 1 atom stereocenters. The SMILES string of the molecule is CCCN1CCC(C#N)OC1=O. The summed E-state index contributed by atoms with van der Waals surface area (Å²) in [5.74, 6) is 0. The molecule has 0 N–H and O–H groups in total. The van der Waals surface area contributed by atoms with Gasteiger partial charge in [-0.15, -0.1) is 0 Å². The van der Waals surface area contributed by atoms with E-state index >= 15 is 0 Å². The zero-order valence-electron chi connectivity index (χ0n) is 7.12. The number of hydrogen-bond acceptors (Lipinski definition) is 3. The van der Waals surface area contributed by atoms with Gasteiger partial charge in [0.25, 0.3) is 0 Å². The summed E-state index contributed by atoms with van der Waals surface area (Å²) in [6.07, 6.45) is 0.662.